The molecule has 2 aromatic carbocycles. The predicted molar refractivity (Wildman–Crippen MR) is 88.5 cm³/mol. The van der Waals surface area contributed by atoms with Gasteiger partial charge in [0, 0.05) is 31.4 Å². The van der Waals surface area contributed by atoms with Crippen molar-refractivity contribution in [1.29, 1.82) is 0 Å². The first-order valence-electron chi connectivity index (χ1n) is 7.28. The third-order valence-corrected chi connectivity index (χ3v) is 4.01. The van der Waals surface area contributed by atoms with E-state index in [0.717, 1.165) is 22.7 Å². The summed E-state index contributed by atoms with van der Waals surface area (Å²) in [6, 6.07) is 14.1. The van der Waals surface area contributed by atoms with Crippen LogP contribution >= 0.6 is 0 Å². The summed E-state index contributed by atoms with van der Waals surface area (Å²) < 4.78 is 2.05. The van der Waals surface area contributed by atoms with Crippen molar-refractivity contribution in [3.8, 4) is 11.5 Å². The minimum Gasteiger partial charge on any atom is -0.508 e. The van der Waals surface area contributed by atoms with E-state index in [0.29, 0.717) is 6.54 Å². The number of para-hydroxylation sites is 1. The zero-order valence-corrected chi connectivity index (χ0v) is 13.0. The average molecular weight is 310 g/mol. The van der Waals surface area contributed by atoms with E-state index in [1.165, 1.54) is 12.1 Å². The molecule has 1 heterocycles. The molecule has 0 bridgehead atoms. The van der Waals surface area contributed by atoms with E-state index >= 15 is 0 Å². The van der Waals surface area contributed by atoms with Crippen LogP contribution in [0.4, 0.5) is 0 Å². The quantitative estimate of drug-likeness (QED) is 0.782. The summed E-state index contributed by atoms with van der Waals surface area (Å²) in [5, 5.41) is 20.3. The molecule has 0 spiro atoms. The van der Waals surface area contributed by atoms with Crippen molar-refractivity contribution in [2.24, 2.45) is 7.05 Å². The summed E-state index contributed by atoms with van der Waals surface area (Å²) in [4.78, 5) is 14.0. The van der Waals surface area contributed by atoms with Crippen molar-refractivity contribution in [3.05, 3.63) is 59.8 Å². The number of hydrogen-bond donors (Lipinski definition) is 2. The van der Waals surface area contributed by atoms with Crippen molar-refractivity contribution >= 4 is 16.8 Å². The zero-order chi connectivity index (χ0) is 16.6. The van der Waals surface area contributed by atoms with E-state index in [2.05, 4.69) is 10.6 Å². The maximum Gasteiger partial charge on any atom is 0.257 e. The summed E-state index contributed by atoms with van der Waals surface area (Å²) in [7, 11) is 3.65. The van der Waals surface area contributed by atoms with Gasteiger partial charge in [0.1, 0.15) is 11.5 Å². The molecule has 0 aliphatic heterocycles. The van der Waals surface area contributed by atoms with Crippen LogP contribution in [0.3, 0.4) is 0 Å². The fourth-order valence-electron chi connectivity index (χ4n) is 2.72. The van der Waals surface area contributed by atoms with Crippen LogP contribution < -0.4 is 0 Å². The zero-order valence-electron chi connectivity index (χ0n) is 13.0. The predicted octanol–water partition coefficient (Wildman–Crippen LogP) is 2.86. The molecule has 0 fully saturated rings. The minimum absolute atomic E-state index is 0.0737. The molecule has 0 saturated heterocycles. The SMILES string of the molecule is CN(Cc1cc2ccccc2n1C)C(=O)c1ccc(O)cc1O. The van der Waals surface area contributed by atoms with Crippen LogP contribution in [0, 0.1) is 0 Å². The molecule has 1 amide bonds. The molecule has 1 aromatic heterocycles. The Kier molecular flexibility index (Phi) is 3.70. The van der Waals surface area contributed by atoms with E-state index in [1.54, 1.807) is 11.9 Å². The van der Waals surface area contributed by atoms with Crippen LogP contribution in [0.5, 0.6) is 11.5 Å². The van der Waals surface area contributed by atoms with Gasteiger partial charge in [-0.15, -0.1) is 0 Å². The number of aryl methyl sites for hydroxylation is 1. The lowest BCUT2D eigenvalue weighted by Crippen LogP contribution is -2.27. The average Bonchev–Trinajstić information content (AvgIpc) is 2.83. The van der Waals surface area contributed by atoms with Gasteiger partial charge in [0.2, 0.25) is 0 Å². The topological polar surface area (TPSA) is 65.7 Å². The Morgan fingerprint density at radius 1 is 1.13 bits per heavy atom. The first-order valence-corrected chi connectivity index (χ1v) is 7.28. The van der Waals surface area contributed by atoms with Gasteiger partial charge in [-0.05, 0) is 29.7 Å². The summed E-state index contributed by atoms with van der Waals surface area (Å²) in [6.07, 6.45) is 0. The normalized spacial score (nSPS) is 10.9. The molecule has 0 aliphatic rings. The Balaban J connectivity index is 1.86. The van der Waals surface area contributed by atoms with Gasteiger partial charge in [0.05, 0.1) is 12.1 Å². The van der Waals surface area contributed by atoms with Crippen LogP contribution in [-0.2, 0) is 13.6 Å². The number of rotatable bonds is 3. The van der Waals surface area contributed by atoms with E-state index in [9.17, 15) is 15.0 Å². The van der Waals surface area contributed by atoms with Crippen LogP contribution in [0.25, 0.3) is 10.9 Å². The number of phenols is 2. The Bertz CT molecular complexity index is 883. The molecule has 0 aliphatic carbocycles. The lowest BCUT2D eigenvalue weighted by molar-refractivity contribution is 0.0779. The molecule has 0 unspecified atom stereocenters. The molecule has 3 aromatic rings. The van der Waals surface area contributed by atoms with Crippen LogP contribution in [-0.4, -0.2) is 32.6 Å². The maximum atomic E-state index is 12.5. The maximum absolute atomic E-state index is 12.5. The van der Waals surface area contributed by atoms with Crippen molar-refractivity contribution in [1.82, 2.24) is 9.47 Å². The third kappa shape index (κ3) is 2.73. The number of carbonyl (C=O) groups excluding carboxylic acids is 1. The minimum atomic E-state index is -0.298. The number of nitrogens with zero attached hydrogens (tertiary/aromatic N) is 2. The van der Waals surface area contributed by atoms with E-state index in [1.807, 2.05) is 31.3 Å². The molecule has 0 radical (unpaired) electrons. The smallest absolute Gasteiger partial charge is 0.257 e. The monoisotopic (exact) mass is 310 g/mol. The van der Waals surface area contributed by atoms with Crippen LogP contribution in [0.15, 0.2) is 48.5 Å². The number of carbonyl (C=O) groups is 1. The van der Waals surface area contributed by atoms with E-state index in [4.69, 9.17) is 0 Å². The second kappa shape index (κ2) is 5.68. The lowest BCUT2D eigenvalue weighted by atomic mass is 10.1. The van der Waals surface area contributed by atoms with Crippen LogP contribution in [0.1, 0.15) is 16.1 Å². The second-order valence-corrected chi connectivity index (χ2v) is 5.62. The number of aromatic hydroxyl groups is 2. The molecular formula is C18H18N2O3. The first-order chi connectivity index (χ1) is 11.0. The van der Waals surface area contributed by atoms with Crippen molar-refractivity contribution < 1.29 is 15.0 Å². The summed E-state index contributed by atoms with van der Waals surface area (Å²) >= 11 is 0. The highest BCUT2D eigenvalue weighted by Crippen LogP contribution is 2.25. The highest BCUT2D eigenvalue weighted by atomic mass is 16.3. The Labute approximate surface area is 134 Å². The highest BCUT2D eigenvalue weighted by Gasteiger charge is 2.18. The second-order valence-electron chi connectivity index (χ2n) is 5.62. The molecule has 0 saturated carbocycles. The summed E-state index contributed by atoms with van der Waals surface area (Å²) in [5.74, 6) is -0.595. The number of fused-ring (bicyclic) bond motifs is 1. The third-order valence-electron chi connectivity index (χ3n) is 4.01. The molecule has 2 N–H and O–H groups in total. The number of phenolic OH excluding ortho intramolecular Hbond substituents is 2. The largest absolute Gasteiger partial charge is 0.508 e. The van der Waals surface area contributed by atoms with Crippen molar-refractivity contribution in [3.63, 3.8) is 0 Å². The first kappa shape index (κ1) is 15.0. The number of benzene rings is 2. The fraction of sp³-hybridized carbons (Fsp3) is 0.167. The molecule has 23 heavy (non-hydrogen) atoms. The molecule has 3 rings (SSSR count). The van der Waals surface area contributed by atoms with Crippen LogP contribution in [0.2, 0.25) is 0 Å². The standard InChI is InChI=1S/C18H18N2O3/c1-19(18(23)15-8-7-14(21)10-17(15)22)11-13-9-12-5-3-4-6-16(12)20(13)2/h3-10,21-22H,11H2,1-2H3. The summed E-state index contributed by atoms with van der Waals surface area (Å²) in [5.41, 5.74) is 2.28. The molecule has 118 valence electrons. The van der Waals surface area contributed by atoms with Gasteiger partial charge in [-0.3, -0.25) is 4.79 Å². The van der Waals surface area contributed by atoms with E-state index < -0.39 is 0 Å². The van der Waals surface area contributed by atoms with Gasteiger partial charge in [-0.25, -0.2) is 0 Å². The molecule has 0 atom stereocenters. The Morgan fingerprint density at radius 2 is 1.87 bits per heavy atom. The Hall–Kier alpha value is -2.95. The van der Waals surface area contributed by atoms with Gasteiger partial charge in [0.15, 0.2) is 0 Å². The number of hydrogen-bond acceptors (Lipinski definition) is 3. The number of aromatic nitrogens is 1. The molecule has 5 nitrogen and oxygen atoms in total. The molecular weight excluding hydrogens is 292 g/mol. The van der Waals surface area contributed by atoms with Gasteiger partial charge in [-0.2, -0.15) is 0 Å². The molecule has 5 heteroatoms. The summed E-state index contributed by atoms with van der Waals surface area (Å²) in [6.45, 7) is 0.421. The number of amides is 1. The van der Waals surface area contributed by atoms with Gasteiger partial charge in [-0.1, -0.05) is 18.2 Å². The van der Waals surface area contributed by atoms with Crippen molar-refractivity contribution in [2.45, 2.75) is 6.54 Å². The van der Waals surface area contributed by atoms with Crippen molar-refractivity contribution in [2.75, 3.05) is 7.05 Å². The Morgan fingerprint density at radius 3 is 2.57 bits per heavy atom. The highest BCUT2D eigenvalue weighted by molar-refractivity contribution is 5.96. The van der Waals surface area contributed by atoms with Gasteiger partial charge >= 0.3 is 0 Å². The van der Waals surface area contributed by atoms with E-state index in [-0.39, 0.29) is 23.0 Å². The fourth-order valence-corrected chi connectivity index (χ4v) is 2.72. The van der Waals surface area contributed by atoms with Gasteiger partial charge in [0.25, 0.3) is 5.91 Å². The van der Waals surface area contributed by atoms with Gasteiger partial charge < -0.3 is 19.7 Å². The lowest BCUT2D eigenvalue weighted by Gasteiger charge is -2.18.